The summed E-state index contributed by atoms with van der Waals surface area (Å²) in [6.45, 7) is 5.29. The quantitative estimate of drug-likeness (QED) is 0.606. The molecule has 1 aromatic heterocycles. The highest BCUT2D eigenvalue weighted by Crippen LogP contribution is 2.44. The fraction of sp³-hybridized carbons (Fsp3) is 0.174. The average molecular weight is 327 g/mol. The molecule has 0 unspecified atom stereocenters. The second-order valence-electron chi connectivity index (χ2n) is 6.57. The molecule has 2 heteroatoms. The van der Waals surface area contributed by atoms with Crippen molar-refractivity contribution in [2.24, 2.45) is 0 Å². The van der Waals surface area contributed by atoms with Crippen LogP contribution in [0, 0.1) is 6.92 Å². The number of hydrogen-bond donors (Lipinski definition) is 0. The van der Waals surface area contributed by atoms with Crippen LogP contribution in [-0.4, -0.2) is 7.05 Å². The number of aryl methyl sites for hydroxylation is 2. The molecule has 1 aliphatic rings. The van der Waals surface area contributed by atoms with Crippen molar-refractivity contribution >= 4 is 17.5 Å². The molecule has 25 heavy (non-hydrogen) atoms. The van der Waals surface area contributed by atoms with E-state index >= 15 is 0 Å². The summed E-state index contributed by atoms with van der Waals surface area (Å²) in [5.74, 6) is 0. The number of anilines is 1. The Morgan fingerprint density at radius 1 is 0.920 bits per heavy atom. The highest BCUT2D eigenvalue weighted by atomic mass is 15.1. The predicted octanol–water partition coefficient (Wildman–Crippen LogP) is 4.92. The van der Waals surface area contributed by atoms with Crippen LogP contribution in [0.1, 0.15) is 23.7 Å². The maximum Gasteiger partial charge on any atom is 0.207 e. The molecule has 4 rings (SSSR count). The van der Waals surface area contributed by atoms with Crippen molar-refractivity contribution in [3.05, 3.63) is 83.7 Å². The molecule has 1 aliphatic heterocycles. The molecule has 2 nitrogen and oxygen atoms in total. The van der Waals surface area contributed by atoms with Gasteiger partial charge in [0.15, 0.2) is 6.20 Å². The summed E-state index contributed by atoms with van der Waals surface area (Å²) in [6, 6.07) is 21.8. The Morgan fingerprint density at radius 3 is 2.48 bits per heavy atom. The van der Waals surface area contributed by atoms with Gasteiger partial charge in [-0.3, -0.25) is 0 Å². The van der Waals surface area contributed by atoms with E-state index in [1.54, 1.807) is 0 Å². The molecule has 2 heterocycles. The standard InChI is InChI=1S/C23H23N2/c1-4-25-14-8-7-9-18(25)16-23-20-11-6-5-10-19(20)21-13-12-17(2)15-22(21)24(23)3/h5-16H,4H2,1-3H3/q+1. The molecule has 0 radical (unpaired) electrons. The molecular weight excluding hydrogens is 304 g/mol. The van der Waals surface area contributed by atoms with Crippen LogP contribution in [-0.2, 0) is 6.54 Å². The SMILES string of the molecule is CC[n+]1ccccc1/C=C1\c2ccccc2-c2ccc(C)cc2N1C. The Balaban J connectivity index is 1.96. The van der Waals surface area contributed by atoms with Crippen LogP contribution in [0.4, 0.5) is 5.69 Å². The first-order chi connectivity index (χ1) is 12.2. The molecule has 0 atom stereocenters. The van der Waals surface area contributed by atoms with Crippen LogP contribution in [0.25, 0.3) is 22.9 Å². The number of aromatic nitrogens is 1. The smallest absolute Gasteiger partial charge is 0.207 e. The second kappa shape index (κ2) is 6.21. The molecule has 0 aliphatic carbocycles. The topological polar surface area (TPSA) is 7.12 Å². The van der Waals surface area contributed by atoms with E-state index in [2.05, 4.69) is 103 Å². The normalized spacial score (nSPS) is 14.4. The minimum absolute atomic E-state index is 0.959. The lowest BCUT2D eigenvalue weighted by Gasteiger charge is -2.32. The fourth-order valence-electron chi connectivity index (χ4n) is 3.62. The first kappa shape index (κ1) is 15.6. The van der Waals surface area contributed by atoms with Crippen LogP contribution in [0.15, 0.2) is 66.9 Å². The predicted molar refractivity (Wildman–Crippen MR) is 105 cm³/mol. The van der Waals surface area contributed by atoms with Gasteiger partial charge in [-0.25, -0.2) is 0 Å². The van der Waals surface area contributed by atoms with Crippen molar-refractivity contribution in [2.75, 3.05) is 11.9 Å². The van der Waals surface area contributed by atoms with Crippen molar-refractivity contribution < 1.29 is 4.57 Å². The molecule has 0 bridgehead atoms. The Labute approximate surface area is 149 Å². The van der Waals surface area contributed by atoms with Gasteiger partial charge in [0.25, 0.3) is 0 Å². The third-order valence-electron chi connectivity index (χ3n) is 4.97. The lowest BCUT2D eigenvalue weighted by atomic mass is 9.90. The number of benzene rings is 2. The zero-order valence-electron chi connectivity index (χ0n) is 15.0. The van der Waals surface area contributed by atoms with Gasteiger partial charge < -0.3 is 4.90 Å². The molecule has 3 aromatic rings. The van der Waals surface area contributed by atoms with Gasteiger partial charge in [-0.2, -0.15) is 4.57 Å². The fourth-order valence-corrected chi connectivity index (χ4v) is 3.62. The summed E-state index contributed by atoms with van der Waals surface area (Å²) in [6.07, 6.45) is 4.44. The van der Waals surface area contributed by atoms with Gasteiger partial charge in [-0.05, 0) is 37.1 Å². The Hall–Kier alpha value is -2.87. The van der Waals surface area contributed by atoms with E-state index in [0.717, 1.165) is 6.54 Å². The number of pyridine rings is 1. The monoisotopic (exact) mass is 327 g/mol. The molecular formula is C23H23N2+. The van der Waals surface area contributed by atoms with Crippen molar-refractivity contribution in [3.8, 4) is 11.1 Å². The Bertz CT molecular complexity index is 969. The number of rotatable bonds is 2. The molecule has 0 saturated carbocycles. The van der Waals surface area contributed by atoms with Gasteiger partial charge in [0.05, 0.1) is 5.70 Å². The second-order valence-corrected chi connectivity index (χ2v) is 6.57. The maximum absolute atomic E-state index is 2.32. The van der Waals surface area contributed by atoms with Crippen molar-refractivity contribution in [1.82, 2.24) is 0 Å². The summed E-state index contributed by atoms with van der Waals surface area (Å²) in [5.41, 5.74) is 8.91. The number of hydrogen-bond acceptors (Lipinski definition) is 1. The highest BCUT2D eigenvalue weighted by molar-refractivity contribution is 6.02. The number of nitrogens with zero attached hydrogens (tertiary/aromatic N) is 2. The molecule has 0 N–H and O–H groups in total. The van der Waals surface area contributed by atoms with E-state index in [9.17, 15) is 0 Å². The lowest BCUT2D eigenvalue weighted by molar-refractivity contribution is -0.695. The lowest BCUT2D eigenvalue weighted by Crippen LogP contribution is -2.35. The maximum atomic E-state index is 2.32. The summed E-state index contributed by atoms with van der Waals surface area (Å²) < 4.78 is 2.27. The average Bonchev–Trinajstić information content (AvgIpc) is 2.65. The summed E-state index contributed by atoms with van der Waals surface area (Å²) in [5, 5.41) is 0. The van der Waals surface area contributed by atoms with E-state index in [4.69, 9.17) is 0 Å². The molecule has 2 aromatic carbocycles. The van der Waals surface area contributed by atoms with Crippen molar-refractivity contribution in [3.63, 3.8) is 0 Å². The molecule has 0 amide bonds. The van der Waals surface area contributed by atoms with Crippen LogP contribution < -0.4 is 9.47 Å². The summed E-state index contributed by atoms with van der Waals surface area (Å²) in [7, 11) is 2.17. The minimum Gasteiger partial charge on any atom is -0.343 e. The molecule has 0 fully saturated rings. The van der Waals surface area contributed by atoms with Gasteiger partial charge in [0, 0.05) is 42.1 Å². The van der Waals surface area contributed by atoms with Gasteiger partial charge in [0.2, 0.25) is 5.69 Å². The van der Waals surface area contributed by atoms with E-state index in [1.165, 1.54) is 39.3 Å². The highest BCUT2D eigenvalue weighted by Gasteiger charge is 2.24. The van der Waals surface area contributed by atoms with E-state index in [0.29, 0.717) is 0 Å². The molecule has 0 spiro atoms. The Morgan fingerprint density at radius 2 is 1.68 bits per heavy atom. The van der Waals surface area contributed by atoms with Crippen LogP contribution >= 0.6 is 0 Å². The van der Waals surface area contributed by atoms with Crippen molar-refractivity contribution in [2.45, 2.75) is 20.4 Å². The van der Waals surface area contributed by atoms with E-state index in [-0.39, 0.29) is 0 Å². The molecule has 124 valence electrons. The third-order valence-corrected chi connectivity index (χ3v) is 4.97. The van der Waals surface area contributed by atoms with Gasteiger partial charge in [-0.1, -0.05) is 36.4 Å². The Kier molecular flexibility index (Phi) is 3.89. The zero-order chi connectivity index (χ0) is 17.4. The van der Waals surface area contributed by atoms with Gasteiger partial charge in [-0.15, -0.1) is 0 Å². The minimum atomic E-state index is 0.959. The first-order valence-corrected chi connectivity index (χ1v) is 8.83. The molecule has 0 saturated heterocycles. The van der Waals surface area contributed by atoms with Gasteiger partial charge >= 0.3 is 0 Å². The first-order valence-electron chi connectivity index (χ1n) is 8.83. The van der Waals surface area contributed by atoms with Crippen LogP contribution in [0.2, 0.25) is 0 Å². The van der Waals surface area contributed by atoms with E-state index < -0.39 is 0 Å². The summed E-state index contributed by atoms with van der Waals surface area (Å²) >= 11 is 0. The number of fused-ring (bicyclic) bond motifs is 3. The summed E-state index contributed by atoms with van der Waals surface area (Å²) in [4.78, 5) is 2.32. The van der Waals surface area contributed by atoms with E-state index in [1.807, 2.05) is 0 Å². The third kappa shape index (κ3) is 2.64. The van der Waals surface area contributed by atoms with Crippen molar-refractivity contribution in [1.29, 1.82) is 0 Å². The van der Waals surface area contributed by atoms with Crippen LogP contribution in [0.3, 0.4) is 0 Å². The van der Waals surface area contributed by atoms with Crippen LogP contribution in [0.5, 0.6) is 0 Å². The zero-order valence-corrected chi connectivity index (χ0v) is 15.0. The largest absolute Gasteiger partial charge is 0.343 e. The van der Waals surface area contributed by atoms with Gasteiger partial charge in [0.1, 0.15) is 6.54 Å².